The zero-order chi connectivity index (χ0) is 24.1. The van der Waals surface area contributed by atoms with Crippen molar-refractivity contribution in [2.45, 2.75) is 52.6 Å². The summed E-state index contributed by atoms with van der Waals surface area (Å²) in [7, 11) is 0. The molecule has 1 aliphatic rings. The number of anilines is 2. The molecule has 1 aliphatic heterocycles. The minimum Gasteiger partial charge on any atom is -0.366 e. The van der Waals surface area contributed by atoms with E-state index in [1.54, 1.807) is 6.07 Å². The Morgan fingerprint density at radius 3 is 2.38 bits per heavy atom. The van der Waals surface area contributed by atoms with Crippen LogP contribution in [0.2, 0.25) is 0 Å². The molecule has 0 saturated carbocycles. The van der Waals surface area contributed by atoms with Crippen molar-refractivity contribution in [2.24, 2.45) is 0 Å². The van der Waals surface area contributed by atoms with Crippen molar-refractivity contribution in [3.8, 4) is 0 Å². The number of aryl methyl sites for hydroxylation is 1. The number of carbonyl (C=O) groups is 2. The largest absolute Gasteiger partial charge is 0.366 e. The molecule has 0 radical (unpaired) electrons. The Hall–Kier alpha value is -3.60. The molecule has 1 atom stereocenters. The van der Waals surface area contributed by atoms with Crippen LogP contribution in [0, 0.1) is 0 Å². The number of hydrogen-bond acceptors (Lipinski definition) is 3. The van der Waals surface area contributed by atoms with Gasteiger partial charge in [0.2, 0.25) is 0 Å². The second-order valence-electron chi connectivity index (χ2n) is 8.96. The quantitative estimate of drug-likeness (QED) is 0.488. The van der Waals surface area contributed by atoms with E-state index in [0.29, 0.717) is 16.8 Å². The fourth-order valence-electron chi connectivity index (χ4n) is 4.27. The Balaban J connectivity index is 1.61. The van der Waals surface area contributed by atoms with Crippen LogP contribution < -0.4 is 15.5 Å². The molecule has 5 heteroatoms. The van der Waals surface area contributed by atoms with Crippen molar-refractivity contribution in [1.82, 2.24) is 5.32 Å². The van der Waals surface area contributed by atoms with Gasteiger partial charge in [-0.15, -0.1) is 0 Å². The van der Waals surface area contributed by atoms with E-state index in [1.165, 1.54) is 16.7 Å². The summed E-state index contributed by atoms with van der Waals surface area (Å²) in [5, 5.41) is 6.06. The van der Waals surface area contributed by atoms with Crippen LogP contribution in [0.5, 0.6) is 0 Å². The average Bonchev–Trinajstić information content (AvgIpc) is 2.88. The maximum Gasteiger partial charge on any atom is 0.255 e. The zero-order valence-corrected chi connectivity index (χ0v) is 20.2. The summed E-state index contributed by atoms with van der Waals surface area (Å²) < 4.78 is 0. The molecule has 176 valence electrons. The summed E-state index contributed by atoms with van der Waals surface area (Å²) in [4.78, 5) is 28.3. The number of nitrogens with zero attached hydrogens (tertiary/aromatic N) is 1. The van der Waals surface area contributed by atoms with E-state index in [-0.39, 0.29) is 17.9 Å². The van der Waals surface area contributed by atoms with Gasteiger partial charge in [0.1, 0.15) is 0 Å². The molecule has 3 aromatic carbocycles. The molecule has 1 heterocycles. The van der Waals surface area contributed by atoms with Crippen LogP contribution in [-0.2, 0) is 19.4 Å². The molecule has 4 rings (SSSR count). The molecule has 0 aromatic heterocycles. The SMILES string of the molecule is CCc1ccc(C(=O)Nc2ccc(N3CCc4ccccc4C3)c(C(=O)NC(C)CC)c2)cc1. The monoisotopic (exact) mass is 455 g/mol. The first kappa shape index (κ1) is 23.6. The van der Waals surface area contributed by atoms with Crippen molar-refractivity contribution in [1.29, 1.82) is 0 Å². The van der Waals surface area contributed by atoms with Gasteiger partial charge in [-0.25, -0.2) is 0 Å². The van der Waals surface area contributed by atoms with Crippen molar-refractivity contribution < 1.29 is 9.59 Å². The van der Waals surface area contributed by atoms with E-state index in [0.717, 1.165) is 38.0 Å². The maximum atomic E-state index is 13.3. The van der Waals surface area contributed by atoms with Crippen LogP contribution >= 0.6 is 0 Å². The Bertz CT molecular complexity index is 1170. The van der Waals surface area contributed by atoms with Gasteiger partial charge in [0, 0.05) is 36.1 Å². The zero-order valence-electron chi connectivity index (χ0n) is 20.2. The van der Waals surface area contributed by atoms with Gasteiger partial charge in [0.15, 0.2) is 0 Å². The Labute approximate surface area is 202 Å². The molecular weight excluding hydrogens is 422 g/mol. The molecule has 0 saturated heterocycles. The number of nitrogens with one attached hydrogen (secondary N) is 2. The number of amides is 2. The summed E-state index contributed by atoms with van der Waals surface area (Å²) in [6.07, 6.45) is 2.72. The predicted octanol–water partition coefficient (Wildman–Crippen LogP) is 5.59. The fraction of sp³-hybridized carbons (Fsp3) is 0.310. The number of hydrogen-bond donors (Lipinski definition) is 2. The molecule has 0 fully saturated rings. The lowest BCUT2D eigenvalue weighted by atomic mass is 9.98. The van der Waals surface area contributed by atoms with E-state index in [9.17, 15) is 9.59 Å². The molecule has 2 amide bonds. The molecule has 1 unspecified atom stereocenters. The molecule has 0 spiro atoms. The van der Waals surface area contributed by atoms with Crippen LogP contribution in [-0.4, -0.2) is 24.4 Å². The number of fused-ring (bicyclic) bond motifs is 1. The molecule has 34 heavy (non-hydrogen) atoms. The highest BCUT2D eigenvalue weighted by Gasteiger charge is 2.22. The Morgan fingerprint density at radius 2 is 1.68 bits per heavy atom. The van der Waals surface area contributed by atoms with Crippen LogP contribution in [0.1, 0.15) is 64.6 Å². The standard InChI is InChI=1S/C29H33N3O2/c1-4-20(3)30-29(34)26-18-25(31-28(33)23-12-10-21(5-2)11-13-23)14-15-27(26)32-17-16-22-8-6-7-9-24(22)19-32/h6-15,18,20H,4-5,16-17,19H2,1-3H3,(H,30,34)(H,31,33). The summed E-state index contributed by atoms with van der Waals surface area (Å²) in [6.45, 7) is 7.74. The molecule has 0 bridgehead atoms. The first-order chi connectivity index (χ1) is 16.5. The molecule has 3 aromatic rings. The van der Waals surface area contributed by atoms with E-state index in [1.807, 2.05) is 50.2 Å². The second kappa shape index (κ2) is 10.6. The summed E-state index contributed by atoms with van der Waals surface area (Å²) in [6, 6.07) is 21.8. The topological polar surface area (TPSA) is 61.4 Å². The highest BCUT2D eigenvalue weighted by Crippen LogP contribution is 2.30. The van der Waals surface area contributed by atoms with Gasteiger partial charge in [0.05, 0.1) is 5.56 Å². The van der Waals surface area contributed by atoms with Gasteiger partial charge in [0.25, 0.3) is 11.8 Å². The minimum absolute atomic E-state index is 0.0674. The Morgan fingerprint density at radius 1 is 0.941 bits per heavy atom. The summed E-state index contributed by atoms with van der Waals surface area (Å²) in [5.74, 6) is -0.304. The normalized spacial score (nSPS) is 13.7. The van der Waals surface area contributed by atoms with Gasteiger partial charge >= 0.3 is 0 Å². The van der Waals surface area contributed by atoms with Crippen LogP contribution in [0.15, 0.2) is 66.7 Å². The third-order valence-electron chi connectivity index (χ3n) is 6.58. The van der Waals surface area contributed by atoms with Crippen molar-refractivity contribution in [2.75, 3.05) is 16.8 Å². The van der Waals surface area contributed by atoms with Crippen LogP contribution in [0.4, 0.5) is 11.4 Å². The van der Waals surface area contributed by atoms with E-state index < -0.39 is 0 Å². The van der Waals surface area contributed by atoms with Gasteiger partial charge < -0.3 is 15.5 Å². The van der Waals surface area contributed by atoms with Crippen molar-refractivity contribution in [3.63, 3.8) is 0 Å². The lowest BCUT2D eigenvalue weighted by Crippen LogP contribution is -2.35. The smallest absolute Gasteiger partial charge is 0.255 e. The molecule has 2 N–H and O–H groups in total. The second-order valence-corrected chi connectivity index (χ2v) is 8.96. The third-order valence-corrected chi connectivity index (χ3v) is 6.58. The van der Waals surface area contributed by atoms with Gasteiger partial charge in [-0.2, -0.15) is 0 Å². The van der Waals surface area contributed by atoms with Gasteiger partial charge in [-0.05, 0) is 73.2 Å². The first-order valence-corrected chi connectivity index (χ1v) is 12.2. The summed E-state index contributed by atoms with van der Waals surface area (Å²) >= 11 is 0. The minimum atomic E-state index is -0.185. The highest BCUT2D eigenvalue weighted by atomic mass is 16.2. The van der Waals surface area contributed by atoms with Crippen LogP contribution in [0.25, 0.3) is 0 Å². The van der Waals surface area contributed by atoms with Crippen LogP contribution in [0.3, 0.4) is 0 Å². The van der Waals surface area contributed by atoms with E-state index >= 15 is 0 Å². The molecular formula is C29H33N3O2. The van der Waals surface area contributed by atoms with E-state index in [4.69, 9.17) is 0 Å². The van der Waals surface area contributed by atoms with Gasteiger partial charge in [-0.1, -0.05) is 50.2 Å². The summed E-state index contributed by atoms with van der Waals surface area (Å²) in [5.41, 5.74) is 6.52. The van der Waals surface area contributed by atoms with Gasteiger partial charge in [-0.3, -0.25) is 9.59 Å². The van der Waals surface area contributed by atoms with Crippen molar-refractivity contribution >= 4 is 23.2 Å². The Kier molecular flexibility index (Phi) is 7.31. The van der Waals surface area contributed by atoms with Crippen molar-refractivity contribution in [3.05, 3.63) is 94.5 Å². The molecule has 0 aliphatic carbocycles. The first-order valence-electron chi connectivity index (χ1n) is 12.2. The average molecular weight is 456 g/mol. The lowest BCUT2D eigenvalue weighted by molar-refractivity contribution is 0.0938. The predicted molar refractivity (Wildman–Crippen MR) is 139 cm³/mol. The number of carbonyl (C=O) groups excluding carboxylic acids is 2. The number of rotatable bonds is 7. The fourth-order valence-corrected chi connectivity index (χ4v) is 4.27. The highest BCUT2D eigenvalue weighted by molar-refractivity contribution is 6.06. The molecule has 5 nitrogen and oxygen atoms in total. The third kappa shape index (κ3) is 5.30. The number of benzene rings is 3. The lowest BCUT2D eigenvalue weighted by Gasteiger charge is -2.32. The maximum absolute atomic E-state index is 13.3. The van der Waals surface area contributed by atoms with E-state index in [2.05, 4.69) is 46.7 Å².